The Morgan fingerprint density at radius 2 is 1.70 bits per heavy atom. The Bertz CT molecular complexity index is 1750. The van der Waals surface area contributed by atoms with E-state index in [1.807, 2.05) is 36.4 Å². The van der Waals surface area contributed by atoms with Gasteiger partial charge in [0.1, 0.15) is 5.69 Å². The van der Waals surface area contributed by atoms with Crippen LogP contribution in [0.2, 0.25) is 10.0 Å². The number of nitrogens with one attached hydrogen (secondary N) is 2. The van der Waals surface area contributed by atoms with Crippen molar-refractivity contribution < 1.29 is 19.1 Å². The van der Waals surface area contributed by atoms with Crippen LogP contribution < -0.4 is 14.9 Å². The van der Waals surface area contributed by atoms with Crippen molar-refractivity contribution in [3.05, 3.63) is 116 Å². The number of ether oxygens (including phenoxy) is 2. The molecule has 10 heteroatoms. The highest BCUT2D eigenvalue weighted by Crippen LogP contribution is 2.37. The minimum absolute atomic E-state index is 0.234. The fourth-order valence-electron chi connectivity index (χ4n) is 4.11. The number of hydrogen-bond acceptors (Lipinski definition) is 5. The van der Waals surface area contributed by atoms with Gasteiger partial charge in [-0.15, -0.1) is 0 Å². The minimum Gasteiger partial charge on any atom is -0.493 e. The Labute approximate surface area is 247 Å². The first-order valence-corrected chi connectivity index (χ1v) is 13.4. The van der Waals surface area contributed by atoms with Gasteiger partial charge in [-0.2, -0.15) is 5.10 Å². The lowest BCUT2D eigenvalue weighted by atomic mass is 10.0. The average molecular weight is 637 g/mol. The number of carbonyl (C=O) groups excluding carboxylic acids is 2. The second-order valence-electron chi connectivity index (χ2n) is 8.56. The molecular weight excluding hydrogens is 617 g/mol. The van der Waals surface area contributed by atoms with Crippen molar-refractivity contribution in [1.82, 2.24) is 10.4 Å². The van der Waals surface area contributed by atoms with Crippen LogP contribution in [0.3, 0.4) is 0 Å². The standard InChI is InChI=1S/C30H20BrCl2N3O4/c1-39-25-13-17(7-12-24(25)40-30(38)19-8-10-21(32)11-9-19)16-34-36-29(37)28-26(18-5-3-2-4-6-18)22-14-20(31)15-23(33)27(22)35-28/h2-16,35H,1H3,(H,36,37). The number of nitrogens with zero attached hydrogens (tertiary/aromatic N) is 1. The summed E-state index contributed by atoms with van der Waals surface area (Å²) in [5.41, 5.74) is 6.05. The van der Waals surface area contributed by atoms with Crippen LogP contribution >= 0.6 is 39.1 Å². The van der Waals surface area contributed by atoms with E-state index in [9.17, 15) is 9.59 Å². The summed E-state index contributed by atoms with van der Waals surface area (Å²) < 4.78 is 11.7. The van der Waals surface area contributed by atoms with Gasteiger partial charge in [0.2, 0.25) is 0 Å². The highest BCUT2D eigenvalue weighted by atomic mass is 79.9. The number of fused-ring (bicyclic) bond motifs is 1. The number of benzene rings is 4. The molecule has 40 heavy (non-hydrogen) atoms. The first kappa shape index (κ1) is 27.5. The first-order chi connectivity index (χ1) is 19.3. The van der Waals surface area contributed by atoms with E-state index in [0.29, 0.717) is 43.7 Å². The van der Waals surface area contributed by atoms with Gasteiger partial charge in [-0.1, -0.05) is 69.5 Å². The van der Waals surface area contributed by atoms with Gasteiger partial charge in [0.25, 0.3) is 5.91 Å². The molecule has 4 aromatic carbocycles. The number of esters is 1. The Balaban J connectivity index is 1.36. The summed E-state index contributed by atoms with van der Waals surface area (Å²) in [4.78, 5) is 28.9. The van der Waals surface area contributed by atoms with Gasteiger partial charge in [0, 0.05) is 20.4 Å². The van der Waals surface area contributed by atoms with Crippen molar-refractivity contribution in [3.63, 3.8) is 0 Å². The van der Waals surface area contributed by atoms with Crippen LogP contribution in [0.15, 0.2) is 94.5 Å². The van der Waals surface area contributed by atoms with Crippen molar-refractivity contribution in [2.75, 3.05) is 7.11 Å². The van der Waals surface area contributed by atoms with Crippen molar-refractivity contribution >= 4 is 68.1 Å². The third-order valence-electron chi connectivity index (χ3n) is 5.96. The molecule has 0 spiro atoms. The number of aromatic amines is 1. The second kappa shape index (κ2) is 12.0. The zero-order valence-corrected chi connectivity index (χ0v) is 24.0. The molecule has 200 valence electrons. The molecule has 5 aromatic rings. The van der Waals surface area contributed by atoms with E-state index < -0.39 is 11.9 Å². The van der Waals surface area contributed by atoms with E-state index in [1.54, 1.807) is 48.5 Å². The topological polar surface area (TPSA) is 92.8 Å². The normalized spacial score (nSPS) is 11.1. The van der Waals surface area contributed by atoms with Gasteiger partial charge >= 0.3 is 5.97 Å². The molecule has 5 rings (SSSR count). The molecule has 1 amide bonds. The summed E-state index contributed by atoms with van der Waals surface area (Å²) in [6, 6.07) is 24.5. The summed E-state index contributed by atoms with van der Waals surface area (Å²) >= 11 is 15.8. The van der Waals surface area contributed by atoms with Crippen molar-refractivity contribution in [1.29, 1.82) is 0 Å². The highest BCUT2D eigenvalue weighted by Gasteiger charge is 2.21. The maximum atomic E-state index is 13.2. The smallest absolute Gasteiger partial charge is 0.343 e. The molecular formula is C30H20BrCl2N3O4. The van der Waals surface area contributed by atoms with Gasteiger partial charge in [-0.3, -0.25) is 4.79 Å². The van der Waals surface area contributed by atoms with E-state index in [2.05, 4.69) is 31.4 Å². The molecule has 0 saturated carbocycles. The molecule has 1 heterocycles. The summed E-state index contributed by atoms with van der Waals surface area (Å²) in [6.07, 6.45) is 1.46. The number of H-pyrrole nitrogens is 1. The Morgan fingerprint density at radius 3 is 2.42 bits per heavy atom. The number of methoxy groups -OCH3 is 1. The maximum Gasteiger partial charge on any atom is 0.343 e. The predicted octanol–water partition coefficient (Wildman–Crippen LogP) is 7.90. The van der Waals surface area contributed by atoms with Crippen LogP contribution in [0.25, 0.3) is 22.0 Å². The molecule has 0 aliphatic heterocycles. The molecule has 0 fully saturated rings. The van der Waals surface area contributed by atoms with Gasteiger partial charge in [0.05, 0.1) is 29.4 Å². The van der Waals surface area contributed by atoms with Gasteiger partial charge in [-0.25, -0.2) is 10.2 Å². The van der Waals surface area contributed by atoms with Crippen molar-refractivity contribution in [2.24, 2.45) is 5.10 Å². The van der Waals surface area contributed by atoms with E-state index in [4.69, 9.17) is 32.7 Å². The summed E-state index contributed by atoms with van der Waals surface area (Å²) in [6.45, 7) is 0. The lowest BCUT2D eigenvalue weighted by Crippen LogP contribution is -2.18. The molecule has 0 atom stereocenters. The molecule has 0 bridgehead atoms. The van der Waals surface area contributed by atoms with Crippen LogP contribution in [0.1, 0.15) is 26.4 Å². The van der Waals surface area contributed by atoms with Gasteiger partial charge < -0.3 is 14.5 Å². The van der Waals surface area contributed by atoms with E-state index in [1.165, 1.54) is 13.3 Å². The van der Waals surface area contributed by atoms with Crippen LogP contribution in [-0.2, 0) is 0 Å². The first-order valence-electron chi connectivity index (χ1n) is 11.9. The zero-order valence-electron chi connectivity index (χ0n) is 20.9. The number of hydrogen-bond donors (Lipinski definition) is 2. The quantitative estimate of drug-likeness (QED) is 0.0822. The van der Waals surface area contributed by atoms with Crippen LogP contribution in [-0.4, -0.2) is 30.2 Å². The number of halogens is 3. The van der Waals surface area contributed by atoms with Crippen LogP contribution in [0.5, 0.6) is 11.5 Å². The summed E-state index contributed by atoms with van der Waals surface area (Å²) in [5, 5.41) is 5.92. The monoisotopic (exact) mass is 635 g/mol. The third-order valence-corrected chi connectivity index (χ3v) is 6.97. The number of aromatic nitrogens is 1. The highest BCUT2D eigenvalue weighted by molar-refractivity contribution is 9.10. The lowest BCUT2D eigenvalue weighted by molar-refractivity contribution is 0.0729. The summed E-state index contributed by atoms with van der Waals surface area (Å²) in [7, 11) is 1.46. The second-order valence-corrected chi connectivity index (χ2v) is 10.3. The number of hydrazone groups is 1. The zero-order chi connectivity index (χ0) is 28.2. The largest absolute Gasteiger partial charge is 0.493 e. The molecule has 2 N–H and O–H groups in total. The Kier molecular flexibility index (Phi) is 8.21. The molecule has 0 aliphatic rings. The molecule has 0 unspecified atom stereocenters. The molecule has 0 aliphatic carbocycles. The predicted molar refractivity (Wildman–Crippen MR) is 161 cm³/mol. The number of carbonyl (C=O) groups is 2. The minimum atomic E-state index is -0.552. The average Bonchev–Trinajstić information content (AvgIpc) is 3.34. The SMILES string of the molecule is COc1cc(C=NNC(=O)c2[nH]c3c(Cl)cc(Br)cc3c2-c2ccccc2)ccc1OC(=O)c1ccc(Cl)cc1. The van der Waals surface area contributed by atoms with Crippen LogP contribution in [0, 0.1) is 0 Å². The molecule has 0 radical (unpaired) electrons. The summed E-state index contributed by atoms with van der Waals surface area (Å²) in [5.74, 6) is -0.445. The van der Waals surface area contributed by atoms with E-state index >= 15 is 0 Å². The number of amides is 1. The molecule has 1 aromatic heterocycles. The van der Waals surface area contributed by atoms with E-state index in [0.717, 1.165) is 15.4 Å². The van der Waals surface area contributed by atoms with Gasteiger partial charge in [-0.05, 0) is 65.7 Å². The van der Waals surface area contributed by atoms with E-state index in [-0.39, 0.29) is 5.75 Å². The van der Waals surface area contributed by atoms with Crippen molar-refractivity contribution in [2.45, 2.75) is 0 Å². The molecule has 0 saturated heterocycles. The maximum absolute atomic E-state index is 13.2. The lowest BCUT2D eigenvalue weighted by Gasteiger charge is -2.10. The number of rotatable bonds is 7. The van der Waals surface area contributed by atoms with Crippen molar-refractivity contribution in [3.8, 4) is 22.6 Å². The third kappa shape index (κ3) is 5.89. The van der Waals surface area contributed by atoms with Gasteiger partial charge in [0.15, 0.2) is 11.5 Å². The molecule has 7 nitrogen and oxygen atoms in total. The van der Waals surface area contributed by atoms with Crippen LogP contribution in [0.4, 0.5) is 0 Å². The Hall–Kier alpha value is -4.11. The Morgan fingerprint density at radius 1 is 0.950 bits per heavy atom. The fourth-order valence-corrected chi connectivity index (χ4v) is 5.09. The fraction of sp³-hybridized carbons (Fsp3) is 0.0333.